The van der Waals surface area contributed by atoms with Gasteiger partial charge in [0.05, 0.1) is 12.8 Å². The van der Waals surface area contributed by atoms with Gasteiger partial charge in [0, 0.05) is 45.1 Å². The predicted octanol–water partition coefficient (Wildman–Crippen LogP) is 1.92. The number of sulfonamides is 1. The van der Waals surface area contributed by atoms with Crippen LogP contribution in [0, 0.1) is 0 Å². The second kappa shape index (κ2) is 9.60. The van der Waals surface area contributed by atoms with Crippen molar-refractivity contribution in [3.63, 3.8) is 0 Å². The Hall–Kier alpha value is -1.80. The Bertz CT molecular complexity index is 746. The molecule has 3 rings (SSSR count). The van der Waals surface area contributed by atoms with E-state index in [2.05, 4.69) is 17.1 Å². The molecule has 0 aliphatic carbocycles. The molecule has 1 N–H and O–H groups in total. The Kier molecular flexibility index (Phi) is 7.18. The first-order chi connectivity index (χ1) is 13.5. The lowest BCUT2D eigenvalue weighted by atomic mass is 10.1. The van der Waals surface area contributed by atoms with E-state index in [1.807, 2.05) is 30.3 Å². The molecule has 0 aromatic heterocycles. The lowest BCUT2D eigenvalue weighted by Gasteiger charge is -2.34. The largest absolute Gasteiger partial charge is 0.490 e. The molecule has 28 heavy (non-hydrogen) atoms. The third-order valence-corrected chi connectivity index (χ3v) is 6.66. The predicted molar refractivity (Wildman–Crippen MR) is 112 cm³/mol. The van der Waals surface area contributed by atoms with Crippen LogP contribution in [0.4, 0.5) is 0 Å². The summed E-state index contributed by atoms with van der Waals surface area (Å²) in [6.45, 7) is 5.72. The van der Waals surface area contributed by atoms with Gasteiger partial charge in [0.15, 0.2) is 5.96 Å². The first kappa shape index (κ1) is 20.9. The van der Waals surface area contributed by atoms with Crippen LogP contribution < -0.4 is 10.1 Å². The van der Waals surface area contributed by atoms with Gasteiger partial charge >= 0.3 is 0 Å². The van der Waals surface area contributed by atoms with Crippen LogP contribution in [0.15, 0.2) is 35.3 Å². The molecule has 8 heteroatoms. The van der Waals surface area contributed by atoms with E-state index in [9.17, 15) is 8.42 Å². The van der Waals surface area contributed by atoms with Gasteiger partial charge in [-0.25, -0.2) is 8.42 Å². The van der Waals surface area contributed by atoms with Crippen molar-refractivity contribution in [1.82, 2.24) is 14.5 Å². The van der Waals surface area contributed by atoms with Crippen molar-refractivity contribution in [2.24, 2.45) is 4.99 Å². The van der Waals surface area contributed by atoms with Gasteiger partial charge in [-0.1, -0.05) is 18.2 Å². The van der Waals surface area contributed by atoms with Crippen molar-refractivity contribution < 1.29 is 13.2 Å². The van der Waals surface area contributed by atoms with E-state index in [0.717, 1.165) is 57.0 Å². The molecule has 1 aromatic carbocycles. The van der Waals surface area contributed by atoms with Gasteiger partial charge < -0.3 is 15.0 Å². The molecular formula is C20H32N4O3S. The van der Waals surface area contributed by atoms with E-state index in [-0.39, 0.29) is 12.1 Å². The van der Waals surface area contributed by atoms with Crippen molar-refractivity contribution in [2.45, 2.75) is 44.8 Å². The molecule has 2 fully saturated rings. The molecule has 0 spiro atoms. The minimum absolute atomic E-state index is 0.0254. The maximum absolute atomic E-state index is 11.9. The highest BCUT2D eigenvalue weighted by Gasteiger charge is 2.31. The number of guanidine groups is 1. The number of likely N-dealkylation sites (tertiary alicyclic amines) is 1. The van der Waals surface area contributed by atoms with E-state index >= 15 is 0 Å². The van der Waals surface area contributed by atoms with E-state index in [1.54, 1.807) is 4.31 Å². The summed E-state index contributed by atoms with van der Waals surface area (Å²) in [6, 6.07) is 9.93. The Balaban J connectivity index is 1.56. The van der Waals surface area contributed by atoms with Crippen molar-refractivity contribution in [2.75, 3.05) is 39.0 Å². The number of ether oxygens (including phenoxy) is 1. The van der Waals surface area contributed by atoms with Crippen LogP contribution in [-0.2, 0) is 10.0 Å². The van der Waals surface area contributed by atoms with Gasteiger partial charge in [-0.05, 0) is 31.9 Å². The minimum Gasteiger partial charge on any atom is -0.490 e. The summed E-state index contributed by atoms with van der Waals surface area (Å²) in [5.41, 5.74) is 0. The fourth-order valence-electron chi connectivity index (χ4n) is 3.92. The molecule has 1 atom stereocenters. The summed E-state index contributed by atoms with van der Waals surface area (Å²) in [5, 5.41) is 3.36. The molecule has 7 nitrogen and oxygen atoms in total. The smallest absolute Gasteiger partial charge is 0.211 e. The van der Waals surface area contributed by atoms with Gasteiger partial charge in [-0.3, -0.25) is 4.99 Å². The summed E-state index contributed by atoms with van der Waals surface area (Å²) in [6.07, 6.45) is 5.18. The quantitative estimate of drug-likeness (QED) is 0.575. The zero-order valence-electron chi connectivity index (χ0n) is 16.9. The monoisotopic (exact) mass is 408 g/mol. The van der Waals surface area contributed by atoms with E-state index in [0.29, 0.717) is 13.1 Å². The summed E-state index contributed by atoms with van der Waals surface area (Å²) in [5.74, 6) is 1.80. The van der Waals surface area contributed by atoms with Crippen LogP contribution in [0.25, 0.3) is 0 Å². The molecule has 0 saturated carbocycles. The highest BCUT2D eigenvalue weighted by molar-refractivity contribution is 7.88. The van der Waals surface area contributed by atoms with Crippen LogP contribution in [0.2, 0.25) is 0 Å². The number of rotatable bonds is 6. The SMILES string of the molecule is CCNC(=NC[C@H]1CCCN1S(C)(=O)=O)N1CCC(Oc2ccccc2)CC1. The Morgan fingerprint density at radius 1 is 1.18 bits per heavy atom. The fraction of sp³-hybridized carbons (Fsp3) is 0.650. The minimum atomic E-state index is -3.16. The number of nitrogens with zero attached hydrogens (tertiary/aromatic N) is 3. The van der Waals surface area contributed by atoms with Gasteiger partial charge in [0.25, 0.3) is 0 Å². The van der Waals surface area contributed by atoms with Crippen LogP contribution in [0.5, 0.6) is 5.75 Å². The van der Waals surface area contributed by atoms with Gasteiger partial charge in [0.1, 0.15) is 11.9 Å². The van der Waals surface area contributed by atoms with Crippen molar-refractivity contribution in [3.05, 3.63) is 30.3 Å². The van der Waals surface area contributed by atoms with Crippen molar-refractivity contribution in [3.8, 4) is 5.75 Å². The lowest BCUT2D eigenvalue weighted by molar-refractivity contribution is 0.129. The van der Waals surface area contributed by atoms with Crippen LogP contribution in [0.1, 0.15) is 32.6 Å². The second-order valence-electron chi connectivity index (χ2n) is 7.48. The zero-order valence-corrected chi connectivity index (χ0v) is 17.7. The molecule has 2 aliphatic rings. The average molecular weight is 409 g/mol. The molecule has 2 saturated heterocycles. The summed E-state index contributed by atoms with van der Waals surface area (Å²) in [7, 11) is -3.16. The van der Waals surface area contributed by atoms with Crippen molar-refractivity contribution >= 4 is 16.0 Å². The molecule has 156 valence electrons. The number of hydrogen-bond acceptors (Lipinski definition) is 4. The molecule has 2 aliphatic heterocycles. The average Bonchev–Trinajstić information content (AvgIpc) is 3.16. The second-order valence-corrected chi connectivity index (χ2v) is 9.42. The highest BCUT2D eigenvalue weighted by atomic mass is 32.2. The summed E-state index contributed by atoms with van der Waals surface area (Å²) < 4.78 is 31.6. The molecule has 0 amide bonds. The third-order valence-electron chi connectivity index (χ3n) is 5.32. The Morgan fingerprint density at radius 3 is 2.54 bits per heavy atom. The summed E-state index contributed by atoms with van der Waals surface area (Å²) in [4.78, 5) is 7.03. The maximum Gasteiger partial charge on any atom is 0.211 e. The number of aliphatic imine (C=N–C) groups is 1. The van der Waals surface area contributed by atoms with Crippen LogP contribution in [0.3, 0.4) is 0 Å². The summed E-state index contributed by atoms with van der Waals surface area (Å²) >= 11 is 0. The molecule has 1 aromatic rings. The van der Waals surface area contributed by atoms with E-state index in [4.69, 9.17) is 9.73 Å². The Labute approximate surface area is 168 Å². The maximum atomic E-state index is 11.9. The number of nitrogens with one attached hydrogen (secondary N) is 1. The highest BCUT2D eigenvalue weighted by Crippen LogP contribution is 2.21. The lowest BCUT2D eigenvalue weighted by Crippen LogP contribution is -2.48. The number of piperidine rings is 1. The van der Waals surface area contributed by atoms with Gasteiger partial charge in [0.2, 0.25) is 10.0 Å². The van der Waals surface area contributed by atoms with Gasteiger partial charge in [-0.2, -0.15) is 4.31 Å². The molecule has 0 unspecified atom stereocenters. The number of benzene rings is 1. The topological polar surface area (TPSA) is 74.2 Å². The Morgan fingerprint density at radius 2 is 1.89 bits per heavy atom. The third kappa shape index (κ3) is 5.61. The molecule has 0 bridgehead atoms. The first-order valence-corrected chi connectivity index (χ1v) is 12.0. The normalized spacial score (nSPS) is 22.4. The first-order valence-electron chi connectivity index (χ1n) is 10.2. The standard InChI is InChI=1S/C20H32N4O3S/c1-3-21-20(22-16-17-8-7-13-24(17)28(2,25)26)23-14-11-19(12-15-23)27-18-9-5-4-6-10-18/h4-6,9-10,17,19H,3,7-8,11-16H2,1-2H3,(H,21,22)/t17-/m1/s1. The van der Waals surface area contributed by atoms with Crippen LogP contribution >= 0.6 is 0 Å². The fourth-order valence-corrected chi connectivity index (χ4v) is 5.10. The van der Waals surface area contributed by atoms with Crippen molar-refractivity contribution in [1.29, 1.82) is 0 Å². The van der Waals surface area contributed by atoms with Gasteiger partial charge in [-0.15, -0.1) is 0 Å². The molecular weight excluding hydrogens is 376 g/mol. The molecule has 2 heterocycles. The zero-order chi connectivity index (χ0) is 20.0. The number of para-hydroxylation sites is 1. The molecule has 0 radical (unpaired) electrons. The van der Waals surface area contributed by atoms with E-state index in [1.165, 1.54) is 6.26 Å². The number of hydrogen-bond donors (Lipinski definition) is 1. The van der Waals surface area contributed by atoms with E-state index < -0.39 is 10.0 Å². The van der Waals surface area contributed by atoms with Crippen LogP contribution in [-0.4, -0.2) is 74.7 Å².